The molecule has 2 heteroatoms. The van der Waals surface area contributed by atoms with Gasteiger partial charge in [-0.25, -0.2) is 12.1 Å². The van der Waals surface area contributed by atoms with Crippen LogP contribution in [0.5, 0.6) is 0 Å². The van der Waals surface area contributed by atoms with Crippen LogP contribution in [0.3, 0.4) is 0 Å². The van der Waals surface area contributed by atoms with E-state index in [0.29, 0.717) is 6.61 Å². The zero-order chi connectivity index (χ0) is 10.6. The Morgan fingerprint density at radius 3 is 1.71 bits per heavy atom. The first kappa shape index (κ1) is 25.9. The van der Waals surface area contributed by atoms with Gasteiger partial charge in [0, 0.05) is 6.61 Å². The third-order valence-electron chi connectivity index (χ3n) is 2.06. The SMILES string of the molecule is CCCCO.CCCC[c-]1cccc1.[CH3-].[CH3-].[Zr+3]. The molecule has 0 bridgehead atoms. The number of unbranched alkanes of at least 4 members (excludes halogenated alkanes) is 2. The van der Waals surface area contributed by atoms with Gasteiger partial charge in [-0.1, -0.05) is 39.5 Å². The van der Waals surface area contributed by atoms with Crippen molar-refractivity contribution in [3.05, 3.63) is 44.7 Å². The minimum Gasteiger partial charge on any atom is -0.396 e. The normalized spacial score (nSPS) is 7.71. The fourth-order valence-electron chi connectivity index (χ4n) is 1.12. The van der Waals surface area contributed by atoms with Crippen molar-refractivity contribution in [2.45, 2.75) is 46.0 Å². The molecular formula is C15H29OZr. The maximum Gasteiger partial charge on any atom is 3.00 e. The third-order valence-corrected chi connectivity index (χ3v) is 2.06. The van der Waals surface area contributed by atoms with Gasteiger partial charge in [0.05, 0.1) is 0 Å². The van der Waals surface area contributed by atoms with Gasteiger partial charge in [0.15, 0.2) is 0 Å². The number of hydrogen-bond acceptors (Lipinski definition) is 1. The van der Waals surface area contributed by atoms with Crippen LogP contribution in [0.25, 0.3) is 0 Å². The molecule has 0 unspecified atom stereocenters. The number of aliphatic hydroxyl groups excluding tert-OH is 1. The quantitative estimate of drug-likeness (QED) is 0.797. The molecule has 1 aromatic rings. The van der Waals surface area contributed by atoms with Crippen LogP contribution in [0.2, 0.25) is 0 Å². The van der Waals surface area contributed by atoms with Crippen LogP contribution in [0, 0.1) is 14.9 Å². The third kappa shape index (κ3) is 18.7. The monoisotopic (exact) mass is 315 g/mol. The van der Waals surface area contributed by atoms with Crippen molar-refractivity contribution in [2.24, 2.45) is 0 Å². The van der Waals surface area contributed by atoms with Gasteiger partial charge in [-0.05, 0) is 6.42 Å². The summed E-state index contributed by atoms with van der Waals surface area (Å²) in [5.74, 6) is 0. The molecule has 0 fully saturated rings. The number of aliphatic hydroxyl groups is 1. The summed E-state index contributed by atoms with van der Waals surface area (Å²) in [5.41, 5.74) is 1.48. The largest absolute Gasteiger partial charge is 3.00 e. The van der Waals surface area contributed by atoms with Crippen molar-refractivity contribution in [3.63, 3.8) is 0 Å². The van der Waals surface area contributed by atoms with E-state index in [-0.39, 0.29) is 41.1 Å². The van der Waals surface area contributed by atoms with E-state index in [1.165, 1.54) is 24.8 Å². The van der Waals surface area contributed by atoms with E-state index in [0.717, 1.165) is 12.8 Å². The van der Waals surface area contributed by atoms with Crippen molar-refractivity contribution in [1.82, 2.24) is 0 Å². The zero-order valence-electron chi connectivity index (χ0n) is 12.0. The van der Waals surface area contributed by atoms with E-state index in [4.69, 9.17) is 5.11 Å². The molecule has 0 aliphatic carbocycles. The summed E-state index contributed by atoms with van der Waals surface area (Å²) in [7, 11) is 0. The predicted molar refractivity (Wildman–Crippen MR) is 75.5 cm³/mol. The van der Waals surface area contributed by atoms with Crippen molar-refractivity contribution in [1.29, 1.82) is 0 Å². The molecule has 0 heterocycles. The fraction of sp³-hybridized carbons (Fsp3) is 0.533. The number of rotatable bonds is 5. The van der Waals surface area contributed by atoms with Gasteiger partial charge < -0.3 is 20.0 Å². The second-order valence-corrected chi connectivity index (χ2v) is 3.47. The molecule has 1 radical (unpaired) electrons. The van der Waals surface area contributed by atoms with Crippen LogP contribution in [-0.4, -0.2) is 11.7 Å². The molecule has 0 amide bonds. The average Bonchev–Trinajstić information content (AvgIpc) is 2.69. The minimum atomic E-state index is 0. The molecule has 1 N–H and O–H groups in total. The van der Waals surface area contributed by atoms with Gasteiger partial charge in [-0.15, -0.1) is 0 Å². The summed E-state index contributed by atoms with van der Waals surface area (Å²) in [6.07, 6.45) is 5.91. The Bertz CT molecular complexity index is 181. The molecule has 0 atom stereocenters. The van der Waals surface area contributed by atoms with E-state index >= 15 is 0 Å². The standard InChI is InChI=1S/C9H13.C4H10O.2CH3.Zr/c1-2-3-6-9-7-4-5-8-9;1-2-3-4-5;;;/h4-5,7-8H,2-3,6H2,1H3;5H,2-4H2,1H3;2*1H3;/q-1;;2*-1;+3. The molecule has 99 valence electrons. The number of aryl methyl sites for hydroxylation is 1. The molecule has 0 spiro atoms. The Labute approximate surface area is 128 Å². The first-order valence-electron chi connectivity index (χ1n) is 5.66. The molecule has 1 aromatic carbocycles. The smallest absolute Gasteiger partial charge is 0.396 e. The van der Waals surface area contributed by atoms with Crippen LogP contribution in [0.1, 0.15) is 45.1 Å². The summed E-state index contributed by atoms with van der Waals surface area (Å²) in [5, 5.41) is 8.07. The topological polar surface area (TPSA) is 20.2 Å². The van der Waals surface area contributed by atoms with E-state index in [9.17, 15) is 0 Å². The second kappa shape index (κ2) is 21.5. The van der Waals surface area contributed by atoms with E-state index < -0.39 is 0 Å². The van der Waals surface area contributed by atoms with Crippen LogP contribution in [0.4, 0.5) is 0 Å². The van der Waals surface area contributed by atoms with E-state index in [1.54, 1.807) is 0 Å². The summed E-state index contributed by atoms with van der Waals surface area (Å²) in [6.45, 7) is 4.62. The van der Waals surface area contributed by atoms with Crippen LogP contribution in [-0.2, 0) is 32.6 Å². The maximum absolute atomic E-state index is 8.07. The molecule has 1 rings (SSSR count). The van der Waals surface area contributed by atoms with Crippen LogP contribution < -0.4 is 0 Å². The average molecular weight is 317 g/mol. The van der Waals surface area contributed by atoms with Gasteiger partial charge in [-0.2, -0.15) is 17.7 Å². The molecule has 0 aliphatic rings. The molecule has 0 aliphatic heterocycles. The Kier molecular flexibility index (Phi) is 32.7. The van der Waals surface area contributed by atoms with Crippen molar-refractivity contribution in [2.75, 3.05) is 6.61 Å². The molecule has 1 nitrogen and oxygen atoms in total. The van der Waals surface area contributed by atoms with Gasteiger partial charge >= 0.3 is 26.2 Å². The van der Waals surface area contributed by atoms with Gasteiger partial charge in [0.2, 0.25) is 0 Å². The summed E-state index contributed by atoms with van der Waals surface area (Å²) >= 11 is 0. The van der Waals surface area contributed by atoms with Crippen molar-refractivity contribution < 1.29 is 31.3 Å². The summed E-state index contributed by atoms with van der Waals surface area (Å²) in [6, 6.07) is 8.58. The molecule has 17 heavy (non-hydrogen) atoms. The Hall–Kier alpha value is 0.193. The van der Waals surface area contributed by atoms with Gasteiger partial charge in [0.1, 0.15) is 0 Å². The summed E-state index contributed by atoms with van der Waals surface area (Å²) < 4.78 is 0. The number of hydrogen-bond donors (Lipinski definition) is 1. The van der Waals surface area contributed by atoms with E-state index in [1.807, 2.05) is 0 Å². The molecule has 0 saturated heterocycles. The van der Waals surface area contributed by atoms with Crippen molar-refractivity contribution >= 4 is 0 Å². The first-order valence-corrected chi connectivity index (χ1v) is 5.66. The second-order valence-electron chi connectivity index (χ2n) is 3.47. The summed E-state index contributed by atoms with van der Waals surface area (Å²) in [4.78, 5) is 0. The zero-order valence-corrected chi connectivity index (χ0v) is 14.5. The van der Waals surface area contributed by atoms with Crippen LogP contribution in [0.15, 0.2) is 24.3 Å². The van der Waals surface area contributed by atoms with Gasteiger partial charge in [0.25, 0.3) is 0 Å². The van der Waals surface area contributed by atoms with Crippen molar-refractivity contribution in [3.8, 4) is 0 Å². The minimum absolute atomic E-state index is 0. The maximum atomic E-state index is 8.07. The molecule has 0 saturated carbocycles. The fourth-order valence-corrected chi connectivity index (χ4v) is 1.12. The predicted octanol–water partition coefficient (Wildman–Crippen LogP) is 4.42. The Morgan fingerprint density at radius 1 is 0.941 bits per heavy atom. The van der Waals surface area contributed by atoms with E-state index in [2.05, 4.69) is 38.1 Å². The Morgan fingerprint density at radius 2 is 1.41 bits per heavy atom. The molecular weight excluding hydrogens is 287 g/mol. The van der Waals surface area contributed by atoms with Gasteiger partial charge in [-0.3, -0.25) is 0 Å². The first-order chi connectivity index (χ1) is 6.85. The van der Waals surface area contributed by atoms with Crippen LogP contribution >= 0.6 is 0 Å². The molecule has 0 aromatic heterocycles. The Balaban J connectivity index is -0.0000000948.